The van der Waals surface area contributed by atoms with Crippen LogP contribution >= 0.6 is 0 Å². The second-order valence-electron chi connectivity index (χ2n) is 5.09. The van der Waals surface area contributed by atoms with Crippen LogP contribution < -0.4 is 5.32 Å². The summed E-state index contributed by atoms with van der Waals surface area (Å²) in [6, 6.07) is -0.927. The van der Waals surface area contributed by atoms with Crippen LogP contribution in [0.3, 0.4) is 0 Å². The van der Waals surface area contributed by atoms with Crippen molar-refractivity contribution in [2.45, 2.75) is 40.2 Å². The predicted molar refractivity (Wildman–Crippen MR) is 76.1 cm³/mol. The van der Waals surface area contributed by atoms with E-state index in [1.807, 2.05) is 6.92 Å². The second kappa shape index (κ2) is 8.35. The van der Waals surface area contributed by atoms with Crippen molar-refractivity contribution < 1.29 is 19.5 Å². The van der Waals surface area contributed by atoms with Gasteiger partial charge in [0.2, 0.25) is 11.8 Å². The van der Waals surface area contributed by atoms with Gasteiger partial charge in [-0.15, -0.1) is 6.58 Å². The van der Waals surface area contributed by atoms with E-state index in [4.69, 9.17) is 5.11 Å². The van der Waals surface area contributed by atoms with Gasteiger partial charge in [0, 0.05) is 25.9 Å². The van der Waals surface area contributed by atoms with Gasteiger partial charge >= 0.3 is 5.97 Å². The van der Waals surface area contributed by atoms with Crippen molar-refractivity contribution in [3.63, 3.8) is 0 Å². The van der Waals surface area contributed by atoms with E-state index in [2.05, 4.69) is 11.9 Å². The van der Waals surface area contributed by atoms with Crippen LogP contribution in [0, 0.1) is 5.92 Å². The fourth-order valence-electron chi connectivity index (χ4n) is 1.87. The van der Waals surface area contributed by atoms with Crippen LogP contribution in [0.25, 0.3) is 0 Å². The van der Waals surface area contributed by atoms with Gasteiger partial charge in [-0.1, -0.05) is 12.5 Å². The molecule has 0 saturated heterocycles. The Kier molecular flexibility index (Phi) is 7.57. The highest BCUT2D eigenvalue weighted by Crippen LogP contribution is 2.14. The fraction of sp³-hybridized carbons (Fsp3) is 0.643. The number of carbonyl (C=O) groups excluding carboxylic acids is 2. The molecule has 0 rings (SSSR count). The van der Waals surface area contributed by atoms with Gasteiger partial charge in [-0.05, 0) is 20.3 Å². The number of rotatable bonds is 8. The standard InChI is InChI=1S/C14H24N2O4/c1-9(2)8-10(3)13(18)16(11(4)14(19)20)7-6-15-12(5)17/h10-11H,1,6-8H2,2-5H3,(H,15,17)(H,19,20). The summed E-state index contributed by atoms with van der Waals surface area (Å²) in [5.41, 5.74) is 0.871. The Morgan fingerprint density at radius 3 is 2.20 bits per heavy atom. The number of allylic oxidation sites excluding steroid dienone is 1. The minimum Gasteiger partial charge on any atom is -0.480 e. The molecule has 6 nitrogen and oxygen atoms in total. The third-order valence-electron chi connectivity index (χ3n) is 2.91. The van der Waals surface area contributed by atoms with Gasteiger partial charge in [0.25, 0.3) is 0 Å². The molecule has 0 aliphatic heterocycles. The topological polar surface area (TPSA) is 86.7 Å². The lowest BCUT2D eigenvalue weighted by Crippen LogP contribution is -2.48. The fourth-order valence-corrected chi connectivity index (χ4v) is 1.87. The number of aliphatic carboxylic acids is 1. The summed E-state index contributed by atoms with van der Waals surface area (Å²) >= 11 is 0. The summed E-state index contributed by atoms with van der Waals surface area (Å²) in [6.07, 6.45) is 0.516. The molecule has 0 aromatic carbocycles. The number of nitrogens with zero attached hydrogens (tertiary/aromatic N) is 1. The van der Waals surface area contributed by atoms with E-state index in [0.29, 0.717) is 6.42 Å². The third-order valence-corrected chi connectivity index (χ3v) is 2.91. The molecule has 0 aliphatic rings. The van der Waals surface area contributed by atoms with E-state index in [0.717, 1.165) is 5.57 Å². The SMILES string of the molecule is C=C(C)CC(C)C(=O)N(CCNC(C)=O)C(C)C(=O)O. The summed E-state index contributed by atoms with van der Waals surface area (Å²) in [7, 11) is 0. The van der Waals surface area contributed by atoms with Gasteiger partial charge < -0.3 is 15.3 Å². The van der Waals surface area contributed by atoms with Crippen molar-refractivity contribution in [3.8, 4) is 0 Å². The Morgan fingerprint density at radius 1 is 1.25 bits per heavy atom. The van der Waals surface area contributed by atoms with Gasteiger partial charge in [0.05, 0.1) is 0 Å². The minimum atomic E-state index is -1.07. The monoisotopic (exact) mass is 284 g/mol. The number of hydrogen-bond acceptors (Lipinski definition) is 3. The minimum absolute atomic E-state index is 0.173. The van der Waals surface area contributed by atoms with Crippen LogP contribution in [0.4, 0.5) is 0 Å². The molecule has 2 unspecified atom stereocenters. The number of carboxylic acid groups (broad SMARTS) is 1. The molecule has 0 fully saturated rings. The third kappa shape index (κ3) is 6.36. The van der Waals surface area contributed by atoms with Gasteiger partial charge in [0.1, 0.15) is 6.04 Å². The van der Waals surface area contributed by atoms with E-state index in [1.54, 1.807) is 6.92 Å². The summed E-state index contributed by atoms with van der Waals surface area (Å²) in [6.45, 7) is 10.6. The Bertz CT molecular complexity index is 393. The van der Waals surface area contributed by atoms with Crippen molar-refractivity contribution in [2.24, 2.45) is 5.92 Å². The summed E-state index contributed by atoms with van der Waals surface area (Å²) in [4.78, 5) is 35.5. The lowest BCUT2D eigenvalue weighted by atomic mass is 10.0. The number of nitrogens with one attached hydrogen (secondary N) is 1. The molecule has 114 valence electrons. The second-order valence-corrected chi connectivity index (χ2v) is 5.09. The molecule has 6 heteroatoms. The highest BCUT2D eigenvalue weighted by molar-refractivity contribution is 5.85. The summed E-state index contributed by atoms with van der Waals surface area (Å²) in [5.74, 6) is -1.85. The van der Waals surface area contributed by atoms with Crippen LogP contribution in [-0.4, -0.2) is 46.9 Å². The molecule has 0 bridgehead atoms. The molecule has 2 atom stereocenters. The smallest absolute Gasteiger partial charge is 0.326 e. The van der Waals surface area contributed by atoms with E-state index >= 15 is 0 Å². The number of carboxylic acids is 1. The summed E-state index contributed by atoms with van der Waals surface area (Å²) < 4.78 is 0. The van der Waals surface area contributed by atoms with Crippen molar-refractivity contribution in [1.82, 2.24) is 10.2 Å². The first kappa shape index (κ1) is 18.1. The first-order valence-corrected chi connectivity index (χ1v) is 6.58. The van der Waals surface area contributed by atoms with E-state index in [9.17, 15) is 14.4 Å². The highest BCUT2D eigenvalue weighted by atomic mass is 16.4. The maximum absolute atomic E-state index is 12.3. The molecule has 2 N–H and O–H groups in total. The lowest BCUT2D eigenvalue weighted by molar-refractivity contribution is -0.151. The van der Waals surface area contributed by atoms with Crippen molar-refractivity contribution in [2.75, 3.05) is 13.1 Å². The Hall–Kier alpha value is -1.85. The van der Waals surface area contributed by atoms with E-state index < -0.39 is 12.0 Å². The number of carbonyl (C=O) groups is 3. The summed E-state index contributed by atoms with van der Waals surface area (Å²) in [5, 5.41) is 11.6. The average Bonchev–Trinajstić information content (AvgIpc) is 2.31. The lowest BCUT2D eigenvalue weighted by Gasteiger charge is -2.29. The molecule has 0 aliphatic carbocycles. The number of amides is 2. The molecule has 2 amide bonds. The first-order chi connectivity index (χ1) is 9.16. The zero-order valence-electron chi connectivity index (χ0n) is 12.6. The van der Waals surface area contributed by atoms with Crippen molar-refractivity contribution >= 4 is 17.8 Å². The normalized spacial score (nSPS) is 13.2. The Morgan fingerprint density at radius 2 is 1.80 bits per heavy atom. The van der Waals surface area contributed by atoms with Crippen LogP contribution in [0.1, 0.15) is 34.1 Å². The van der Waals surface area contributed by atoms with E-state index in [1.165, 1.54) is 18.7 Å². The van der Waals surface area contributed by atoms with Crippen LogP contribution in [0.5, 0.6) is 0 Å². The molecular weight excluding hydrogens is 260 g/mol. The van der Waals surface area contributed by atoms with Crippen LogP contribution in [-0.2, 0) is 14.4 Å². The Balaban J connectivity index is 4.82. The molecule has 0 radical (unpaired) electrons. The number of hydrogen-bond donors (Lipinski definition) is 2. The van der Waals surface area contributed by atoms with Gasteiger partial charge in [-0.2, -0.15) is 0 Å². The largest absolute Gasteiger partial charge is 0.480 e. The molecular formula is C14H24N2O4. The maximum atomic E-state index is 12.3. The van der Waals surface area contributed by atoms with Crippen molar-refractivity contribution in [1.29, 1.82) is 0 Å². The highest BCUT2D eigenvalue weighted by Gasteiger charge is 2.28. The molecule has 0 spiro atoms. The Labute approximate surface area is 119 Å². The predicted octanol–water partition coefficient (Wildman–Crippen LogP) is 1.03. The zero-order chi connectivity index (χ0) is 15.9. The quantitative estimate of drug-likeness (QED) is 0.652. The molecule has 0 aromatic heterocycles. The van der Waals surface area contributed by atoms with Crippen LogP contribution in [0.2, 0.25) is 0 Å². The van der Waals surface area contributed by atoms with E-state index in [-0.39, 0.29) is 30.8 Å². The zero-order valence-corrected chi connectivity index (χ0v) is 12.6. The van der Waals surface area contributed by atoms with Crippen LogP contribution in [0.15, 0.2) is 12.2 Å². The van der Waals surface area contributed by atoms with Crippen molar-refractivity contribution in [3.05, 3.63) is 12.2 Å². The molecule has 0 aromatic rings. The average molecular weight is 284 g/mol. The van der Waals surface area contributed by atoms with Gasteiger partial charge in [0.15, 0.2) is 0 Å². The molecule has 0 heterocycles. The maximum Gasteiger partial charge on any atom is 0.326 e. The van der Waals surface area contributed by atoms with Gasteiger partial charge in [-0.3, -0.25) is 9.59 Å². The first-order valence-electron chi connectivity index (χ1n) is 6.58. The van der Waals surface area contributed by atoms with Gasteiger partial charge in [-0.25, -0.2) is 4.79 Å². The molecule has 0 saturated carbocycles. The molecule has 20 heavy (non-hydrogen) atoms.